The van der Waals surface area contributed by atoms with Crippen LogP contribution in [0, 0.1) is 5.92 Å². The van der Waals surface area contributed by atoms with Crippen molar-refractivity contribution in [3.05, 3.63) is 52.3 Å². The highest BCUT2D eigenvalue weighted by Crippen LogP contribution is 2.31. The molecule has 0 amide bonds. The third-order valence-corrected chi connectivity index (χ3v) is 5.26. The molecule has 1 saturated heterocycles. The molecule has 130 valence electrons. The van der Waals surface area contributed by atoms with Gasteiger partial charge in [0.1, 0.15) is 0 Å². The van der Waals surface area contributed by atoms with Crippen LogP contribution < -0.4 is 0 Å². The number of likely N-dealkylation sites (tertiary alicyclic amines) is 1. The van der Waals surface area contributed by atoms with Crippen LogP contribution in [0.3, 0.4) is 0 Å². The largest absolute Gasteiger partial charge is 0.388 e. The third kappa shape index (κ3) is 4.00. The Morgan fingerprint density at radius 1 is 1.25 bits per heavy atom. The first kappa shape index (κ1) is 17.5. The van der Waals surface area contributed by atoms with Gasteiger partial charge in [-0.15, -0.1) is 0 Å². The Morgan fingerprint density at radius 3 is 2.54 bits per heavy atom. The Labute approximate surface area is 149 Å². The molecule has 1 aliphatic rings. The van der Waals surface area contributed by atoms with Crippen molar-refractivity contribution in [3.8, 4) is 0 Å². The van der Waals surface area contributed by atoms with E-state index in [-0.39, 0.29) is 0 Å². The lowest BCUT2D eigenvalue weighted by molar-refractivity contribution is 0.0567. The molecule has 0 bridgehead atoms. The molecular formula is C19H26ClN3O. The van der Waals surface area contributed by atoms with Gasteiger partial charge < -0.3 is 5.11 Å². The summed E-state index contributed by atoms with van der Waals surface area (Å²) in [5.74, 6) is 0.321. The molecule has 1 fully saturated rings. The van der Waals surface area contributed by atoms with Crippen LogP contribution in [-0.4, -0.2) is 32.9 Å². The summed E-state index contributed by atoms with van der Waals surface area (Å²) in [6.07, 6.45) is 4.75. The number of hydrogen-bond acceptors (Lipinski definition) is 3. The van der Waals surface area contributed by atoms with Gasteiger partial charge in [0.25, 0.3) is 0 Å². The molecule has 1 atom stereocenters. The van der Waals surface area contributed by atoms with E-state index in [4.69, 9.17) is 11.6 Å². The van der Waals surface area contributed by atoms with E-state index in [1.165, 1.54) is 11.3 Å². The topological polar surface area (TPSA) is 41.3 Å². The van der Waals surface area contributed by atoms with Crippen LogP contribution in [0.5, 0.6) is 0 Å². The predicted octanol–water partition coefficient (Wildman–Crippen LogP) is 3.58. The molecule has 1 aromatic carbocycles. The summed E-state index contributed by atoms with van der Waals surface area (Å²) in [6.45, 7) is 5.15. The minimum atomic E-state index is -0.394. The van der Waals surface area contributed by atoms with E-state index < -0.39 is 6.10 Å². The Balaban J connectivity index is 1.56. The van der Waals surface area contributed by atoms with Gasteiger partial charge in [0.2, 0.25) is 0 Å². The van der Waals surface area contributed by atoms with Gasteiger partial charge >= 0.3 is 0 Å². The fraction of sp³-hybridized carbons (Fsp3) is 0.526. The van der Waals surface area contributed by atoms with Crippen molar-refractivity contribution in [3.63, 3.8) is 0 Å². The molecule has 0 spiro atoms. The lowest BCUT2D eigenvalue weighted by Crippen LogP contribution is -2.35. The SMILES string of the molecule is CCc1nn(C)cc1CN1CCC(C(O)c2ccc(Cl)cc2)CC1. The maximum atomic E-state index is 10.6. The van der Waals surface area contributed by atoms with Crippen LogP contribution in [0.1, 0.15) is 42.7 Å². The molecule has 2 aromatic rings. The fourth-order valence-corrected chi connectivity index (χ4v) is 3.74. The second kappa shape index (κ2) is 7.68. The minimum absolute atomic E-state index is 0.321. The van der Waals surface area contributed by atoms with Gasteiger partial charge in [-0.25, -0.2) is 0 Å². The van der Waals surface area contributed by atoms with E-state index in [0.717, 1.165) is 44.5 Å². The molecule has 2 heterocycles. The van der Waals surface area contributed by atoms with Crippen LogP contribution in [0.4, 0.5) is 0 Å². The van der Waals surface area contributed by atoms with E-state index in [0.29, 0.717) is 10.9 Å². The van der Waals surface area contributed by atoms with Crippen LogP contribution in [0.15, 0.2) is 30.5 Å². The Bertz CT molecular complexity index is 660. The molecule has 1 N–H and O–H groups in total. The Kier molecular flexibility index (Phi) is 5.59. The van der Waals surface area contributed by atoms with Crippen LogP contribution in [-0.2, 0) is 20.0 Å². The van der Waals surface area contributed by atoms with Crippen LogP contribution in [0.2, 0.25) is 5.02 Å². The molecule has 24 heavy (non-hydrogen) atoms. The van der Waals surface area contributed by atoms with Gasteiger partial charge in [0.15, 0.2) is 0 Å². The summed E-state index contributed by atoms with van der Waals surface area (Å²) < 4.78 is 1.91. The molecule has 1 aliphatic heterocycles. The number of nitrogens with zero attached hydrogens (tertiary/aromatic N) is 3. The zero-order valence-electron chi connectivity index (χ0n) is 14.5. The molecule has 4 nitrogen and oxygen atoms in total. The lowest BCUT2D eigenvalue weighted by Gasteiger charge is -2.34. The van der Waals surface area contributed by atoms with Gasteiger partial charge in [0.05, 0.1) is 11.8 Å². The molecule has 1 unspecified atom stereocenters. The highest BCUT2D eigenvalue weighted by molar-refractivity contribution is 6.30. The fourth-order valence-electron chi connectivity index (χ4n) is 3.61. The minimum Gasteiger partial charge on any atom is -0.388 e. The van der Waals surface area contributed by atoms with Crippen molar-refractivity contribution in [2.45, 2.75) is 38.8 Å². The average molecular weight is 348 g/mol. The number of aliphatic hydroxyl groups excluding tert-OH is 1. The van der Waals surface area contributed by atoms with Gasteiger partial charge in [-0.1, -0.05) is 30.7 Å². The standard InChI is InChI=1S/C19H26ClN3O/c1-3-18-16(12-22(2)21-18)13-23-10-8-15(9-11-23)19(24)14-4-6-17(20)7-5-14/h4-7,12,15,19,24H,3,8-11,13H2,1-2H3. The first-order valence-electron chi connectivity index (χ1n) is 8.74. The number of hydrogen-bond donors (Lipinski definition) is 1. The summed E-state index contributed by atoms with van der Waals surface area (Å²) in [7, 11) is 1.98. The van der Waals surface area contributed by atoms with E-state index in [9.17, 15) is 5.11 Å². The highest BCUT2D eigenvalue weighted by Gasteiger charge is 2.26. The molecule has 0 saturated carbocycles. The maximum absolute atomic E-state index is 10.6. The number of aromatic nitrogens is 2. The van der Waals surface area contributed by atoms with Crippen molar-refractivity contribution in [1.82, 2.24) is 14.7 Å². The van der Waals surface area contributed by atoms with Crippen molar-refractivity contribution in [2.24, 2.45) is 13.0 Å². The maximum Gasteiger partial charge on any atom is 0.0819 e. The third-order valence-electron chi connectivity index (χ3n) is 5.01. The zero-order valence-corrected chi connectivity index (χ0v) is 15.2. The van der Waals surface area contributed by atoms with Gasteiger partial charge in [-0.3, -0.25) is 9.58 Å². The van der Waals surface area contributed by atoms with E-state index in [1.54, 1.807) is 0 Å². The second-order valence-electron chi connectivity index (χ2n) is 6.74. The monoisotopic (exact) mass is 347 g/mol. The number of rotatable bonds is 5. The number of aryl methyl sites for hydroxylation is 2. The smallest absolute Gasteiger partial charge is 0.0819 e. The first-order chi connectivity index (χ1) is 11.6. The average Bonchev–Trinajstić information content (AvgIpc) is 2.95. The molecule has 5 heteroatoms. The first-order valence-corrected chi connectivity index (χ1v) is 9.12. The second-order valence-corrected chi connectivity index (χ2v) is 7.17. The summed E-state index contributed by atoms with van der Waals surface area (Å²) in [5.41, 5.74) is 3.50. The van der Waals surface area contributed by atoms with Gasteiger partial charge in [0, 0.05) is 30.4 Å². The molecule has 1 aromatic heterocycles. The number of halogens is 1. The predicted molar refractivity (Wildman–Crippen MR) is 97.0 cm³/mol. The van der Waals surface area contributed by atoms with Crippen molar-refractivity contribution < 1.29 is 5.11 Å². The quantitative estimate of drug-likeness (QED) is 0.898. The molecular weight excluding hydrogens is 322 g/mol. The van der Waals surface area contributed by atoms with Crippen molar-refractivity contribution >= 4 is 11.6 Å². The Hall–Kier alpha value is -1.36. The van der Waals surface area contributed by atoms with Gasteiger partial charge in [-0.05, 0) is 56.0 Å². The molecule has 0 aliphatic carbocycles. The Morgan fingerprint density at radius 2 is 1.92 bits per heavy atom. The van der Waals surface area contributed by atoms with Crippen LogP contribution >= 0.6 is 11.6 Å². The van der Waals surface area contributed by atoms with E-state index >= 15 is 0 Å². The lowest BCUT2D eigenvalue weighted by atomic mass is 9.87. The van der Waals surface area contributed by atoms with Gasteiger partial charge in [-0.2, -0.15) is 5.10 Å². The summed E-state index contributed by atoms with van der Waals surface area (Å²) in [5, 5.41) is 15.9. The zero-order chi connectivity index (χ0) is 17.1. The normalized spacial score (nSPS) is 18.0. The number of aliphatic hydroxyl groups is 1. The van der Waals surface area contributed by atoms with Crippen molar-refractivity contribution in [2.75, 3.05) is 13.1 Å². The van der Waals surface area contributed by atoms with E-state index in [1.807, 2.05) is 36.0 Å². The molecule has 3 rings (SSSR count). The van der Waals surface area contributed by atoms with Crippen LogP contribution in [0.25, 0.3) is 0 Å². The van der Waals surface area contributed by atoms with E-state index in [2.05, 4.69) is 23.1 Å². The highest BCUT2D eigenvalue weighted by atomic mass is 35.5. The number of benzene rings is 1. The molecule has 0 radical (unpaired) electrons. The van der Waals surface area contributed by atoms with Crippen molar-refractivity contribution in [1.29, 1.82) is 0 Å². The summed E-state index contributed by atoms with van der Waals surface area (Å²) in [4.78, 5) is 2.47. The summed E-state index contributed by atoms with van der Waals surface area (Å²) >= 11 is 5.93. The summed E-state index contributed by atoms with van der Waals surface area (Å²) in [6, 6.07) is 7.57. The number of piperidine rings is 1.